The number of nitrogens with two attached hydrogens (primary N) is 1. The van der Waals surface area contributed by atoms with Crippen molar-refractivity contribution in [2.75, 3.05) is 44.7 Å². The monoisotopic (exact) mass is 253 g/mol. The first-order valence-corrected chi connectivity index (χ1v) is 6.69. The maximum Gasteiger partial charge on any atom is 0.266 e. The topological polar surface area (TPSA) is 71.4 Å². The van der Waals surface area contributed by atoms with Crippen LogP contribution in [0.5, 0.6) is 0 Å². The molecule has 0 saturated carbocycles. The van der Waals surface area contributed by atoms with E-state index in [9.17, 15) is 0 Å². The summed E-state index contributed by atoms with van der Waals surface area (Å²) in [5, 5.41) is 4.07. The number of hydrogen-bond acceptors (Lipinski definition) is 6. The summed E-state index contributed by atoms with van der Waals surface area (Å²) in [5.41, 5.74) is 5.69. The number of piperazine rings is 1. The summed E-state index contributed by atoms with van der Waals surface area (Å²) >= 11 is 0. The summed E-state index contributed by atoms with van der Waals surface area (Å²) in [5.74, 6) is 1.87. The molecule has 1 aliphatic heterocycles. The van der Waals surface area contributed by atoms with E-state index in [4.69, 9.17) is 10.3 Å². The zero-order chi connectivity index (χ0) is 13.0. The van der Waals surface area contributed by atoms with Gasteiger partial charge in [-0.05, 0) is 24.7 Å². The van der Waals surface area contributed by atoms with Gasteiger partial charge in [0.25, 0.3) is 5.95 Å². The third-order valence-corrected chi connectivity index (χ3v) is 3.62. The van der Waals surface area contributed by atoms with Crippen LogP contribution in [0.25, 0.3) is 0 Å². The van der Waals surface area contributed by atoms with Crippen LogP contribution in [-0.2, 0) is 6.42 Å². The molecule has 0 radical (unpaired) electrons. The molecule has 6 nitrogen and oxygen atoms in total. The summed E-state index contributed by atoms with van der Waals surface area (Å²) in [6, 6.07) is 0. The molecule has 2 rings (SSSR count). The molecular formula is C12H23N5O. The van der Waals surface area contributed by atoms with Crippen LogP contribution in [0, 0.1) is 5.92 Å². The highest BCUT2D eigenvalue weighted by atomic mass is 16.5. The van der Waals surface area contributed by atoms with Gasteiger partial charge in [0.2, 0.25) is 5.89 Å². The molecule has 0 bridgehead atoms. The summed E-state index contributed by atoms with van der Waals surface area (Å²) in [6.07, 6.45) is 1.83. The van der Waals surface area contributed by atoms with Crippen molar-refractivity contribution in [1.82, 2.24) is 15.0 Å². The van der Waals surface area contributed by atoms with Gasteiger partial charge < -0.3 is 20.1 Å². The quantitative estimate of drug-likeness (QED) is 0.816. The fourth-order valence-electron chi connectivity index (χ4n) is 2.10. The number of anilines is 1. The maximum absolute atomic E-state index is 5.69. The highest BCUT2D eigenvalue weighted by molar-refractivity contribution is 5.28. The molecule has 102 valence electrons. The van der Waals surface area contributed by atoms with Gasteiger partial charge in [-0.25, -0.2) is 0 Å². The van der Waals surface area contributed by atoms with E-state index in [0.29, 0.717) is 18.4 Å². The van der Waals surface area contributed by atoms with Crippen LogP contribution in [0.3, 0.4) is 0 Å². The van der Waals surface area contributed by atoms with Crippen molar-refractivity contribution >= 4 is 5.95 Å². The predicted octanol–water partition coefficient (Wildman–Crippen LogP) is 0.349. The molecular weight excluding hydrogens is 230 g/mol. The van der Waals surface area contributed by atoms with Crippen molar-refractivity contribution in [3.8, 4) is 0 Å². The smallest absolute Gasteiger partial charge is 0.266 e. The van der Waals surface area contributed by atoms with E-state index >= 15 is 0 Å². The van der Waals surface area contributed by atoms with Gasteiger partial charge in [-0.3, -0.25) is 0 Å². The molecule has 18 heavy (non-hydrogen) atoms. The van der Waals surface area contributed by atoms with Gasteiger partial charge in [0.15, 0.2) is 0 Å². The Balaban J connectivity index is 1.93. The summed E-state index contributed by atoms with van der Waals surface area (Å²) in [4.78, 5) is 8.95. The second kappa shape index (κ2) is 6.15. The van der Waals surface area contributed by atoms with Gasteiger partial charge in [0.05, 0.1) is 0 Å². The number of likely N-dealkylation sites (N-methyl/N-ethyl adjacent to an activating group) is 1. The predicted molar refractivity (Wildman–Crippen MR) is 70.5 cm³/mol. The Morgan fingerprint density at radius 3 is 2.67 bits per heavy atom. The Kier molecular flexibility index (Phi) is 4.54. The van der Waals surface area contributed by atoms with Gasteiger partial charge in [0.1, 0.15) is 0 Å². The molecule has 0 aromatic carbocycles. The van der Waals surface area contributed by atoms with Crippen molar-refractivity contribution in [2.24, 2.45) is 11.7 Å². The Morgan fingerprint density at radius 1 is 1.33 bits per heavy atom. The minimum absolute atomic E-state index is 0.436. The first kappa shape index (κ1) is 13.3. The first-order chi connectivity index (χ1) is 8.72. The van der Waals surface area contributed by atoms with Crippen molar-refractivity contribution in [3.05, 3.63) is 5.89 Å². The Labute approximate surface area is 108 Å². The fourth-order valence-corrected chi connectivity index (χ4v) is 2.10. The largest absolute Gasteiger partial charge is 0.337 e. The number of aromatic nitrogens is 2. The van der Waals surface area contributed by atoms with Crippen LogP contribution >= 0.6 is 0 Å². The maximum atomic E-state index is 5.69. The van der Waals surface area contributed by atoms with Gasteiger partial charge in [-0.1, -0.05) is 13.3 Å². The van der Waals surface area contributed by atoms with Gasteiger partial charge in [-0.15, -0.1) is 0 Å². The van der Waals surface area contributed by atoms with Crippen molar-refractivity contribution < 1.29 is 4.52 Å². The van der Waals surface area contributed by atoms with Crippen LogP contribution in [0.4, 0.5) is 5.95 Å². The molecule has 1 fully saturated rings. The highest BCUT2D eigenvalue weighted by Crippen LogP contribution is 2.15. The zero-order valence-electron chi connectivity index (χ0n) is 11.3. The Hall–Kier alpha value is -1.14. The standard InChI is InChI=1S/C12H23N5O/c1-3-10(9-13)8-11-14-12(15-18-11)17-6-4-16(2)5-7-17/h10H,3-9,13H2,1-2H3. The van der Waals surface area contributed by atoms with E-state index in [1.807, 2.05) is 0 Å². The van der Waals surface area contributed by atoms with Gasteiger partial charge in [0, 0.05) is 32.6 Å². The third-order valence-electron chi connectivity index (χ3n) is 3.62. The second-order valence-corrected chi connectivity index (χ2v) is 4.99. The minimum Gasteiger partial charge on any atom is -0.337 e. The SMILES string of the molecule is CCC(CN)Cc1nc(N2CCN(C)CC2)no1. The van der Waals surface area contributed by atoms with E-state index in [1.165, 1.54) is 0 Å². The van der Waals surface area contributed by atoms with Crippen LogP contribution in [0.2, 0.25) is 0 Å². The van der Waals surface area contributed by atoms with Crippen LogP contribution in [0.15, 0.2) is 4.52 Å². The molecule has 6 heteroatoms. The lowest BCUT2D eigenvalue weighted by atomic mass is 10.0. The van der Waals surface area contributed by atoms with Crippen molar-refractivity contribution in [1.29, 1.82) is 0 Å². The van der Waals surface area contributed by atoms with E-state index < -0.39 is 0 Å². The van der Waals surface area contributed by atoms with Gasteiger partial charge >= 0.3 is 0 Å². The fraction of sp³-hybridized carbons (Fsp3) is 0.833. The molecule has 0 aliphatic carbocycles. The second-order valence-electron chi connectivity index (χ2n) is 4.99. The first-order valence-electron chi connectivity index (χ1n) is 6.69. The van der Waals surface area contributed by atoms with E-state index in [0.717, 1.165) is 45.0 Å². The summed E-state index contributed by atoms with van der Waals surface area (Å²) in [7, 11) is 2.13. The molecule has 2 N–H and O–H groups in total. The molecule has 2 heterocycles. The third kappa shape index (κ3) is 3.20. The zero-order valence-corrected chi connectivity index (χ0v) is 11.3. The average Bonchev–Trinajstić information content (AvgIpc) is 2.85. The highest BCUT2D eigenvalue weighted by Gasteiger charge is 2.19. The molecule has 1 saturated heterocycles. The molecule has 1 atom stereocenters. The lowest BCUT2D eigenvalue weighted by Crippen LogP contribution is -2.44. The molecule has 0 spiro atoms. The normalized spacial score (nSPS) is 19.2. The lowest BCUT2D eigenvalue weighted by molar-refractivity contribution is 0.308. The minimum atomic E-state index is 0.436. The lowest BCUT2D eigenvalue weighted by Gasteiger charge is -2.31. The van der Waals surface area contributed by atoms with Crippen LogP contribution < -0.4 is 10.6 Å². The van der Waals surface area contributed by atoms with Crippen molar-refractivity contribution in [2.45, 2.75) is 19.8 Å². The van der Waals surface area contributed by atoms with E-state index in [-0.39, 0.29) is 0 Å². The number of nitrogens with zero attached hydrogens (tertiary/aromatic N) is 4. The molecule has 1 aliphatic rings. The average molecular weight is 253 g/mol. The summed E-state index contributed by atoms with van der Waals surface area (Å²) < 4.78 is 5.31. The molecule has 0 amide bonds. The Morgan fingerprint density at radius 2 is 2.06 bits per heavy atom. The van der Waals surface area contributed by atoms with Crippen molar-refractivity contribution in [3.63, 3.8) is 0 Å². The van der Waals surface area contributed by atoms with Crippen LogP contribution in [0.1, 0.15) is 19.2 Å². The van der Waals surface area contributed by atoms with Crippen LogP contribution in [-0.4, -0.2) is 54.8 Å². The molecule has 1 aromatic heterocycles. The van der Waals surface area contributed by atoms with E-state index in [2.05, 4.69) is 33.9 Å². The molecule has 1 unspecified atom stereocenters. The Bertz CT molecular complexity index is 355. The molecule has 1 aromatic rings. The van der Waals surface area contributed by atoms with E-state index in [1.54, 1.807) is 0 Å². The summed E-state index contributed by atoms with van der Waals surface area (Å²) in [6.45, 7) is 6.82. The van der Waals surface area contributed by atoms with Gasteiger partial charge in [-0.2, -0.15) is 4.98 Å². The number of hydrogen-bond donors (Lipinski definition) is 1. The number of rotatable bonds is 5.